The molecule has 0 radical (unpaired) electrons. The fourth-order valence-electron chi connectivity index (χ4n) is 2.10. The zero-order valence-corrected chi connectivity index (χ0v) is 14.8. The Morgan fingerprint density at radius 1 is 0.895 bits per heavy atom. The predicted octanol–water partition coefficient (Wildman–Crippen LogP) is 5.53. The van der Waals surface area contributed by atoms with Gasteiger partial charge < -0.3 is 4.43 Å². The van der Waals surface area contributed by atoms with Gasteiger partial charge in [0.2, 0.25) is 8.32 Å². The molecule has 114 valence electrons. The molecule has 0 heterocycles. The molecule has 0 saturated carbocycles. The molecule has 3 heteroatoms. The molecular weight excluding hydrogens is 252 g/mol. The third-order valence-corrected chi connectivity index (χ3v) is 3.92. The van der Waals surface area contributed by atoms with Gasteiger partial charge in [-0.05, 0) is 32.0 Å². The van der Waals surface area contributed by atoms with Crippen molar-refractivity contribution >= 4 is 14.3 Å². The molecule has 0 rings (SSSR count). The summed E-state index contributed by atoms with van der Waals surface area (Å²) in [7, 11) is -1.67. The van der Waals surface area contributed by atoms with Crippen LogP contribution in [0.2, 0.25) is 19.6 Å². The quantitative estimate of drug-likeness (QED) is 0.368. The highest BCUT2D eigenvalue weighted by Crippen LogP contribution is 2.13. The minimum atomic E-state index is -1.67. The molecule has 0 aliphatic rings. The van der Waals surface area contributed by atoms with Gasteiger partial charge in [-0.25, -0.2) is 0 Å². The lowest BCUT2D eigenvalue weighted by atomic mass is 10.0. The van der Waals surface area contributed by atoms with Crippen LogP contribution in [-0.2, 0) is 9.22 Å². The summed E-state index contributed by atoms with van der Waals surface area (Å²) in [5, 5.41) is 0. The van der Waals surface area contributed by atoms with E-state index in [1.54, 1.807) is 0 Å². The standard InChI is InChI=1S/C16H34O2Si/c1-15(2)13-11-9-7-6-8-10-12-14-16(17)18-19(3,4)5/h15H,6-14H2,1-5H3. The number of carbonyl (C=O) groups is 1. The van der Waals surface area contributed by atoms with E-state index in [9.17, 15) is 4.79 Å². The average Bonchev–Trinajstić information content (AvgIpc) is 2.24. The average molecular weight is 287 g/mol. The number of unbranched alkanes of at least 4 members (excludes halogenated alkanes) is 6. The van der Waals surface area contributed by atoms with Crippen molar-refractivity contribution < 1.29 is 9.22 Å². The van der Waals surface area contributed by atoms with Crippen molar-refractivity contribution in [1.29, 1.82) is 0 Å². The van der Waals surface area contributed by atoms with Crippen molar-refractivity contribution in [1.82, 2.24) is 0 Å². The first-order valence-corrected chi connectivity index (χ1v) is 11.4. The normalized spacial score (nSPS) is 11.9. The maximum atomic E-state index is 11.5. The molecule has 0 unspecified atom stereocenters. The smallest absolute Gasteiger partial charge is 0.292 e. The van der Waals surface area contributed by atoms with Crippen LogP contribution in [0, 0.1) is 5.92 Å². The van der Waals surface area contributed by atoms with Crippen molar-refractivity contribution in [3.63, 3.8) is 0 Å². The van der Waals surface area contributed by atoms with Crippen LogP contribution in [0.15, 0.2) is 0 Å². The summed E-state index contributed by atoms with van der Waals surface area (Å²) in [6.07, 6.45) is 10.8. The van der Waals surface area contributed by atoms with E-state index in [1.165, 1.54) is 44.9 Å². The Kier molecular flexibility index (Phi) is 10.3. The molecule has 0 aromatic heterocycles. The van der Waals surface area contributed by atoms with Gasteiger partial charge in [-0.1, -0.05) is 58.8 Å². The van der Waals surface area contributed by atoms with E-state index in [2.05, 4.69) is 33.5 Å². The number of rotatable bonds is 11. The largest absolute Gasteiger partial charge is 0.520 e. The van der Waals surface area contributed by atoms with Crippen LogP contribution in [0.25, 0.3) is 0 Å². The van der Waals surface area contributed by atoms with Gasteiger partial charge in [0.25, 0.3) is 5.97 Å². The molecular formula is C16H34O2Si. The summed E-state index contributed by atoms with van der Waals surface area (Å²) < 4.78 is 5.42. The summed E-state index contributed by atoms with van der Waals surface area (Å²) in [4.78, 5) is 11.5. The highest BCUT2D eigenvalue weighted by atomic mass is 28.4. The zero-order chi connectivity index (χ0) is 14.7. The maximum Gasteiger partial charge on any atom is 0.292 e. The highest BCUT2D eigenvalue weighted by molar-refractivity contribution is 6.71. The van der Waals surface area contributed by atoms with Gasteiger partial charge in [-0.2, -0.15) is 0 Å². The Morgan fingerprint density at radius 2 is 1.37 bits per heavy atom. The number of hydrogen-bond acceptors (Lipinski definition) is 2. The fraction of sp³-hybridized carbons (Fsp3) is 0.938. The molecule has 0 saturated heterocycles. The van der Waals surface area contributed by atoms with E-state index in [1.807, 2.05) is 0 Å². The van der Waals surface area contributed by atoms with Crippen LogP contribution in [0.3, 0.4) is 0 Å². The van der Waals surface area contributed by atoms with Crippen molar-refractivity contribution in [2.45, 2.75) is 91.3 Å². The molecule has 0 atom stereocenters. The Bertz CT molecular complexity index is 231. The number of carbonyl (C=O) groups excluding carboxylic acids is 1. The molecule has 0 aliphatic heterocycles. The lowest BCUT2D eigenvalue weighted by molar-refractivity contribution is -0.135. The highest BCUT2D eigenvalue weighted by Gasteiger charge is 2.19. The predicted molar refractivity (Wildman–Crippen MR) is 85.8 cm³/mol. The van der Waals surface area contributed by atoms with Gasteiger partial charge in [0, 0.05) is 6.42 Å². The fourth-order valence-corrected chi connectivity index (χ4v) is 2.88. The topological polar surface area (TPSA) is 26.3 Å². The summed E-state index contributed by atoms with van der Waals surface area (Å²) >= 11 is 0. The Labute approximate surface area is 121 Å². The van der Waals surface area contributed by atoms with Gasteiger partial charge in [0.15, 0.2) is 0 Å². The SMILES string of the molecule is CC(C)CCCCCCCCCC(=O)O[Si](C)(C)C. The third-order valence-electron chi connectivity index (χ3n) is 3.08. The summed E-state index contributed by atoms with van der Waals surface area (Å²) in [6.45, 7) is 10.8. The molecule has 0 N–H and O–H groups in total. The third kappa shape index (κ3) is 15.6. The molecule has 0 amide bonds. The second-order valence-corrected chi connectivity index (χ2v) is 11.4. The molecule has 2 nitrogen and oxygen atoms in total. The van der Waals surface area contributed by atoms with Crippen LogP contribution in [0.5, 0.6) is 0 Å². The Morgan fingerprint density at radius 3 is 1.84 bits per heavy atom. The van der Waals surface area contributed by atoms with Crippen molar-refractivity contribution in [3.8, 4) is 0 Å². The first-order valence-electron chi connectivity index (χ1n) is 8.03. The molecule has 0 spiro atoms. The molecule has 0 aromatic rings. The minimum Gasteiger partial charge on any atom is -0.520 e. The molecule has 0 fully saturated rings. The van der Waals surface area contributed by atoms with E-state index in [-0.39, 0.29) is 5.97 Å². The Hall–Kier alpha value is -0.313. The first-order chi connectivity index (χ1) is 8.81. The summed E-state index contributed by atoms with van der Waals surface area (Å²) in [6, 6.07) is 0. The van der Waals surface area contributed by atoms with Gasteiger partial charge >= 0.3 is 0 Å². The van der Waals surface area contributed by atoms with E-state index in [0.717, 1.165) is 12.3 Å². The van der Waals surface area contributed by atoms with Gasteiger partial charge in [0.05, 0.1) is 0 Å². The van der Waals surface area contributed by atoms with Crippen molar-refractivity contribution in [2.75, 3.05) is 0 Å². The van der Waals surface area contributed by atoms with E-state index >= 15 is 0 Å². The van der Waals surface area contributed by atoms with Crippen molar-refractivity contribution in [2.24, 2.45) is 5.92 Å². The van der Waals surface area contributed by atoms with Gasteiger partial charge in [-0.15, -0.1) is 0 Å². The monoisotopic (exact) mass is 286 g/mol. The zero-order valence-electron chi connectivity index (χ0n) is 13.8. The summed E-state index contributed by atoms with van der Waals surface area (Å²) in [5.74, 6) is 0.855. The van der Waals surface area contributed by atoms with Crippen LogP contribution in [0.4, 0.5) is 0 Å². The second kappa shape index (κ2) is 10.5. The van der Waals surface area contributed by atoms with E-state index < -0.39 is 8.32 Å². The van der Waals surface area contributed by atoms with E-state index in [4.69, 9.17) is 4.43 Å². The molecule has 0 aromatic carbocycles. The first kappa shape index (κ1) is 18.7. The van der Waals surface area contributed by atoms with Crippen molar-refractivity contribution in [3.05, 3.63) is 0 Å². The number of hydrogen-bond donors (Lipinski definition) is 0. The lowest BCUT2D eigenvalue weighted by Gasteiger charge is -2.17. The van der Waals surface area contributed by atoms with Crippen LogP contribution < -0.4 is 0 Å². The minimum absolute atomic E-state index is 0.0103. The molecule has 19 heavy (non-hydrogen) atoms. The van der Waals surface area contributed by atoms with Gasteiger partial charge in [-0.3, -0.25) is 4.79 Å². The van der Waals surface area contributed by atoms with Crippen LogP contribution in [-0.4, -0.2) is 14.3 Å². The van der Waals surface area contributed by atoms with E-state index in [0.29, 0.717) is 6.42 Å². The second-order valence-electron chi connectivity index (χ2n) is 6.99. The molecule has 0 aliphatic carbocycles. The molecule has 0 bridgehead atoms. The lowest BCUT2D eigenvalue weighted by Crippen LogP contribution is -2.28. The maximum absolute atomic E-state index is 11.5. The van der Waals surface area contributed by atoms with Gasteiger partial charge in [0.1, 0.15) is 0 Å². The summed E-state index contributed by atoms with van der Waals surface area (Å²) in [5.41, 5.74) is 0. The van der Waals surface area contributed by atoms with Crippen LogP contribution in [0.1, 0.15) is 71.6 Å². The van der Waals surface area contributed by atoms with Crippen LogP contribution >= 0.6 is 0 Å². The Balaban J connectivity index is 3.25.